The first kappa shape index (κ1) is 53.2. The van der Waals surface area contributed by atoms with E-state index in [0.29, 0.717) is 12.8 Å². The van der Waals surface area contributed by atoms with Gasteiger partial charge in [0.1, 0.15) is 12.7 Å². The molecule has 0 spiro atoms. The number of rotatable bonds is 41. The van der Waals surface area contributed by atoms with E-state index in [2.05, 4.69) is 54.8 Å². The fourth-order valence-corrected chi connectivity index (χ4v) is 6.63. The Hall–Kier alpha value is -1.81. The molecule has 0 aliphatic rings. The number of ether oxygens (including phenoxy) is 2. The maximum atomic E-state index is 12.6. The quantitative estimate of drug-likeness (QED) is 0.0236. The molecule has 0 aliphatic heterocycles. The van der Waals surface area contributed by atoms with Crippen LogP contribution in [0.4, 0.5) is 0 Å². The highest BCUT2D eigenvalue weighted by atomic mass is 31.2. The Kier molecular flexibility index (Phi) is 39.1. The third kappa shape index (κ3) is 40.2. The van der Waals surface area contributed by atoms with Gasteiger partial charge in [0.2, 0.25) is 0 Å². The Morgan fingerprint density at radius 2 is 0.945 bits per heavy atom. The first-order valence-electron chi connectivity index (χ1n) is 21.9. The summed E-state index contributed by atoms with van der Waals surface area (Å²) in [6, 6.07) is 0. The number of hydrogen-bond donors (Lipinski definition) is 3. The van der Waals surface area contributed by atoms with E-state index in [0.717, 1.165) is 70.6 Å². The van der Waals surface area contributed by atoms with Crippen LogP contribution in [0.15, 0.2) is 36.5 Å². The van der Waals surface area contributed by atoms with Crippen LogP contribution in [0.1, 0.15) is 194 Å². The molecule has 0 bridgehead atoms. The average Bonchev–Trinajstić information content (AvgIpc) is 3.17. The zero-order chi connectivity index (χ0) is 40.5. The van der Waals surface area contributed by atoms with Crippen molar-refractivity contribution in [2.24, 2.45) is 0 Å². The SMILES string of the molecule is CCCCC/C=C\C/C=C\CCCCCCCCCC(=O)OC(COC(=O)CCCCCCC/C=C\CCCCCCCC)COP(=O)(O)OCC(O)CO. The second kappa shape index (κ2) is 40.4. The van der Waals surface area contributed by atoms with Crippen LogP contribution in [0, 0.1) is 0 Å². The van der Waals surface area contributed by atoms with Crippen molar-refractivity contribution < 1.29 is 47.8 Å². The number of phosphoric acid groups is 1. The van der Waals surface area contributed by atoms with Gasteiger partial charge in [-0.3, -0.25) is 18.6 Å². The van der Waals surface area contributed by atoms with E-state index in [4.69, 9.17) is 19.1 Å². The molecule has 0 aromatic rings. The Bertz CT molecular complexity index is 1010. The van der Waals surface area contributed by atoms with E-state index in [-0.39, 0.29) is 19.4 Å². The van der Waals surface area contributed by atoms with Crippen molar-refractivity contribution in [1.29, 1.82) is 0 Å². The third-order valence-electron chi connectivity index (χ3n) is 9.27. The van der Waals surface area contributed by atoms with E-state index in [1.807, 2.05) is 0 Å². The summed E-state index contributed by atoms with van der Waals surface area (Å²) < 4.78 is 32.7. The summed E-state index contributed by atoms with van der Waals surface area (Å²) in [6.45, 7) is 2.34. The highest BCUT2D eigenvalue weighted by molar-refractivity contribution is 7.47. The van der Waals surface area contributed by atoms with Crippen molar-refractivity contribution in [3.05, 3.63) is 36.5 Å². The second-order valence-electron chi connectivity index (χ2n) is 14.7. The second-order valence-corrected chi connectivity index (χ2v) is 16.2. The number of aliphatic hydroxyl groups excluding tert-OH is 2. The van der Waals surface area contributed by atoms with E-state index in [1.54, 1.807) is 0 Å². The summed E-state index contributed by atoms with van der Waals surface area (Å²) in [7, 11) is -4.62. The molecule has 3 unspecified atom stereocenters. The molecule has 0 amide bonds. The molecule has 3 N–H and O–H groups in total. The normalized spacial score (nSPS) is 14.2. The first-order valence-corrected chi connectivity index (χ1v) is 23.4. The molecule has 55 heavy (non-hydrogen) atoms. The zero-order valence-electron chi connectivity index (χ0n) is 34.9. The van der Waals surface area contributed by atoms with Crippen LogP contribution in [0.5, 0.6) is 0 Å². The Balaban J connectivity index is 4.31. The van der Waals surface area contributed by atoms with Gasteiger partial charge in [0.25, 0.3) is 0 Å². The van der Waals surface area contributed by atoms with Crippen LogP contribution in [0.3, 0.4) is 0 Å². The summed E-state index contributed by atoms with van der Waals surface area (Å²) in [6.07, 6.45) is 41.0. The topological polar surface area (TPSA) is 149 Å². The Morgan fingerprint density at radius 1 is 0.545 bits per heavy atom. The van der Waals surface area contributed by atoms with Gasteiger partial charge in [-0.05, 0) is 70.6 Å². The molecule has 322 valence electrons. The lowest BCUT2D eigenvalue weighted by atomic mass is 10.1. The smallest absolute Gasteiger partial charge is 0.462 e. The minimum Gasteiger partial charge on any atom is -0.462 e. The molecule has 0 aliphatic carbocycles. The first-order chi connectivity index (χ1) is 26.7. The van der Waals surface area contributed by atoms with Crippen molar-refractivity contribution in [2.75, 3.05) is 26.4 Å². The number of aliphatic hydroxyl groups is 2. The highest BCUT2D eigenvalue weighted by Crippen LogP contribution is 2.43. The van der Waals surface area contributed by atoms with Crippen LogP contribution in [-0.2, 0) is 32.7 Å². The van der Waals surface area contributed by atoms with Crippen molar-refractivity contribution in [1.82, 2.24) is 0 Å². The predicted molar refractivity (Wildman–Crippen MR) is 224 cm³/mol. The molecule has 0 radical (unpaired) electrons. The molecule has 0 rings (SSSR count). The lowest BCUT2D eigenvalue weighted by molar-refractivity contribution is -0.161. The van der Waals surface area contributed by atoms with Gasteiger partial charge < -0.3 is 24.6 Å². The van der Waals surface area contributed by atoms with Crippen LogP contribution in [-0.4, -0.2) is 65.7 Å². The number of carbonyl (C=O) groups excluding carboxylic acids is 2. The molecule has 0 heterocycles. The van der Waals surface area contributed by atoms with Crippen LogP contribution < -0.4 is 0 Å². The van der Waals surface area contributed by atoms with Gasteiger partial charge in [0.05, 0.1) is 19.8 Å². The molecule has 10 nitrogen and oxygen atoms in total. The Labute approximate surface area is 335 Å². The van der Waals surface area contributed by atoms with Gasteiger partial charge in [-0.1, -0.05) is 147 Å². The fraction of sp³-hybridized carbons (Fsp3) is 0.818. The molecular weight excluding hydrogens is 719 g/mol. The van der Waals surface area contributed by atoms with E-state index < -0.39 is 51.8 Å². The molecule has 0 aromatic heterocycles. The number of esters is 2. The van der Waals surface area contributed by atoms with Gasteiger partial charge in [0.15, 0.2) is 6.10 Å². The van der Waals surface area contributed by atoms with Gasteiger partial charge in [-0.15, -0.1) is 0 Å². The maximum Gasteiger partial charge on any atom is 0.472 e. The fourth-order valence-electron chi connectivity index (χ4n) is 5.84. The van der Waals surface area contributed by atoms with Gasteiger partial charge >= 0.3 is 19.8 Å². The largest absolute Gasteiger partial charge is 0.472 e. The molecule has 0 aromatic carbocycles. The van der Waals surface area contributed by atoms with E-state index >= 15 is 0 Å². The zero-order valence-corrected chi connectivity index (χ0v) is 35.8. The minimum absolute atomic E-state index is 0.174. The molecule has 0 fully saturated rings. The van der Waals surface area contributed by atoms with Gasteiger partial charge in [-0.2, -0.15) is 0 Å². The standard InChI is InChI=1S/C44H81O10P/c1-3-5-7-9-11-13-15-17-19-20-22-24-26-28-30-32-34-36-44(48)54-42(40-53-55(49,50)52-38-41(46)37-45)39-51-43(47)35-33-31-29-27-25-23-21-18-16-14-12-10-8-6-4-2/h11,13,17-19,21,41-42,45-46H,3-10,12,14-16,20,22-40H2,1-2H3,(H,49,50)/b13-11-,19-17-,21-18-. The lowest BCUT2D eigenvalue weighted by Crippen LogP contribution is -2.29. The molecule has 3 atom stereocenters. The van der Waals surface area contributed by atoms with Crippen molar-refractivity contribution in [3.63, 3.8) is 0 Å². The summed E-state index contributed by atoms with van der Waals surface area (Å²) in [4.78, 5) is 35.0. The number of hydrogen-bond acceptors (Lipinski definition) is 9. The number of phosphoric ester groups is 1. The van der Waals surface area contributed by atoms with Crippen LogP contribution in [0.2, 0.25) is 0 Å². The third-order valence-corrected chi connectivity index (χ3v) is 10.2. The van der Waals surface area contributed by atoms with Crippen molar-refractivity contribution in [2.45, 2.75) is 206 Å². The number of unbranched alkanes of at least 4 members (excludes halogenated alkanes) is 21. The average molecular weight is 801 g/mol. The van der Waals surface area contributed by atoms with Gasteiger partial charge in [-0.25, -0.2) is 4.57 Å². The van der Waals surface area contributed by atoms with Crippen molar-refractivity contribution >= 4 is 19.8 Å². The van der Waals surface area contributed by atoms with Gasteiger partial charge in [0, 0.05) is 12.8 Å². The molecule has 11 heteroatoms. The summed E-state index contributed by atoms with van der Waals surface area (Å²) in [5.41, 5.74) is 0. The molecule has 0 saturated heterocycles. The lowest BCUT2D eigenvalue weighted by Gasteiger charge is -2.20. The summed E-state index contributed by atoms with van der Waals surface area (Å²) in [5.74, 6) is -0.941. The predicted octanol–water partition coefficient (Wildman–Crippen LogP) is 11.6. The Morgan fingerprint density at radius 3 is 1.45 bits per heavy atom. The summed E-state index contributed by atoms with van der Waals surface area (Å²) >= 11 is 0. The van der Waals surface area contributed by atoms with Crippen LogP contribution >= 0.6 is 7.82 Å². The van der Waals surface area contributed by atoms with Crippen LogP contribution in [0.25, 0.3) is 0 Å². The molecule has 0 saturated carbocycles. The maximum absolute atomic E-state index is 12.6. The highest BCUT2D eigenvalue weighted by Gasteiger charge is 2.27. The molecular formula is C44H81O10P. The number of carbonyl (C=O) groups is 2. The minimum atomic E-state index is -4.62. The summed E-state index contributed by atoms with van der Waals surface area (Å²) in [5, 5.41) is 18.3. The van der Waals surface area contributed by atoms with Crippen molar-refractivity contribution in [3.8, 4) is 0 Å². The van der Waals surface area contributed by atoms with E-state index in [9.17, 15) is 24.2 Å². The van der Waals surface area contributed by atoms with E-state index in [1.165, 1.54) is 83.5 Å². The number of allylic oxidation sites excluding steroid dienone is 6. The monoisotopic (exact) mass is 801 g/mol.